The first kappa shape index (κ1) is 10.9. The van der Waals surface area contributed by atoms with Gasteiger partial charge in [0.15, 0.2) is 11.6 Å². The molecule has 0 aliphatic heterocycles. The molecule has 3 rings (SSSR count). The van der Waals surface area contributed by atoms with Crippen molar-refractivity contribution in [1.29, 1.82) is 0 Å². The monoisotopic (exact) mass is 259 g/mol. The minimum Gasteiger partial charge on any atom is -0.463 e. The lowest BCUT2D eigenvalue weighted by molar-refractivity contribution is 0.580. The SMILES string of the molecule is Nc1n[nH]c(-c2ccco2)c1-c1ccccc1Cl. The van der Waals surface area contributed by atoms with E-state index >= 15 is 0 Å². The maximum Gasteiger partial charge on any atom is 0.153 e. The maximum atomic E-state index is 6.19. The third-order valence-corrected chi connectivity index (χ3v) is 3.03. The predicted molar refractivity (Wildman–Crippen MR) is 71.1 cm³/mol. The second-order valence-electron chi connectivity index (χ2n) is 3.82. The molecule has 0 aliphatic carbocycles. The van der Waals surface area contributed by atoms with Crippen molar-refractivity contribution >= 4 is 17.4 Å². The molecule has 0 aliphatic rings. The fourth-order valence-corrected chi connectivity index (χ4v) is 2.12. The molecule has 0 radical (unpaired) electrons. The van der Waals surface area contributed by atoms with Crippen LogP contribution in [0.3, 0.4) is 0 Å². The van der Waals surface area contributed by atoms with Gasteiger partial charge in [-0.1, -0.05) is 29.8 Å². The van der Waals surface area contributed by atoms with Crippen LogP contribution in [0.1, 0.15) is 0 Å². The Balaban J connectivity index is 2.24. The molecule has 0 fully saturated rings. The lowest BCUT2D eigenvalue weighted by Crippen LogP contribution is -1.89. The summed E-state index contributed by atoms with van der Waals surface area (Å²) in [6.45, 7) is 0. The molecule has 2 aromatic heterocycles. The number of nitrogen functional groups attached to an aromatic ring is 1. The number of hydrogen-bond acceptors (Lipinski definition) is 3. The first-order valence-corrected chi connectivity index (χ1v) is 5.78. The van der Waals surface area contributed by atoms with Gasteiger partial charge in [-0.15, -0.1) is 0 Å². The van der Waals surface area contributed by atoms with E-state index in [9.17, 15) is 0 Å². The van der Waals surface area contributed by atoms with Crippen LogP contribution in [0.5, 0.6) is 0 Å². The lowest BCUT2D eigenvalue weighted by Gasteiger charge is -2.04. The molecule has 0 saturated carbocycles. The molecule has 0 spiro atoms. The number of furan rings is 1. The van der Waals surface area contributed by atoms with E-state index in [1.54, 1.807) is 6.26 Å². The van der Waals surface area contributed by atoms with E-state index in [4.69, 9.17) is 21.8 Å². The Labute approximate surface area is 108 Å². The number of aromatic amines is 1. The van der Waals surface area contributed by atoms with Gasteiger partial charge in [0.1, 0.15) is 5.69 Å². The summed E-state index contributed by atoms with van der Waals surface area (Å²) in [6, 6.07) is 11.1. The molecule has 90 valence electrons. The zero-order valence-electron chi connectivity index (χ0n) is 9.35. The van der Waals surface area contributed by atoms with Crippen LogP contribution in [-0.4, -0.2) is 10.2 Å². The van der Waals surface area contributed by atoms with Gasteiger partial charge in [0, 0.05) is 10.6 Å². The first-order valence-electron chi connectivity index (χ1n) is 5.40. The van der Waals surface area contributed by atoms with Gasteiger partial charge >= 0.3 is 0 Å². The average molecular weight is 260 g/mol. The second kappa shape index (κ2) is 4.23. The lowest BCUT2D eigenvalue weighted by atomic mass is 10.0. The Bertz CT molecular complexity index is 673. The predicted octanol–water partition coefficient (Wildman–Crippen LogP) is 3.57. The van der Waals surface area contributed by atoms with Gasteiger partial charge in [0.25, 0.3) is 0 Å². The van der Waals surface area contributed by atoms with Gasteiger partial charge in [-0.05, 0) is 18.2 Å². The van der Waals surface area contributed by atoms with Crippen molar-refractivity contribution in [3.63, 3.8) is 0 Å². The molecular formula is C13H10ClN3O. The minimum atomic E-state index is 0.398. The largest absolute Gasteiger partial charge is 0.463 e. The van der Waals surface area contributed by atoms with Gasteiger partial charge in [0.2, 0.25) is 0 Å². The van der Waals surface area contributed by atoms with Crippen molar-refractivity contribution in [2.75, 3.05) is 5.73 Å². The van der Waals surface area contributed by atoms with Crippen LogP contribution in [0.2, 0.25) is 5.02 Å². The highest BCUT2D eigenvalue weighted by molar-refractivity contribution is 6.33. The van der Waals surface area contributed by atoms with E-state index < -0.39 is 0 Å². The van der Waals surface area contributed by atoms with Crippen molar-refractivity contribution in [1.82, 2.24) is 10.2 Å². The highest BCUT2D eigenvalue weighted by Gasteiger charge is 2.18. The van der Waals surface area contributed by atoms with Crippen LogP contribution in [0.4, 0.5) is 5.82 Å². The zero-order chi connectivity index (χ0) is 12.5. The molecule has 0 amide bonds. The van der Waals surface area contributed by atoms with Crippen LogP contribution in [0.15, 0.2) is 47.1 Å². The second-order valence-corrected chi connectivity index (χ2v) is 4.22. The molecule has 4 nitrogen and oxygen atoms in total. The summed E-state index contributed by atoms with van der Waals surface area (Å²) >= 11 is 6.19. The van der Waals surface area contributed by atoms with Crippen LogP contribution in [0.25, 0.3) is 22.6 Å². The molecule has 0 saturated heterocycles. The van der Waals surface area contributed by atoms with Crippen molar-refractivity contribution in [2.24, 2.45) is 0 Å². The van der Waals surface area contributed by atoms with Crippen LogP contribution >= 0.6 is 11.6 Å². The van der Waals surface area contributed by atoms with E-state index in [1.807, 2.05) is 36.4 Å². The molecule has 5 heteroatoms. The standard InChI is InChI=1S/C13H10ClN3O/c14-9-5-2-1-4-8(9)11-12(16-17-13(11)15)10-6-3-7-18-10/h1-7H,(H3,15,16,17). The van der Waals surface area contributed by atoms with Crippen LogP contribution < -0.4 is 5.73 Å². The van der Waals surface area contributed by atoms with Gasteiger partial charge in [-0.3, -0.25) is 5.10 Å². The van der Waals surface area contributed by atoms with Crippen molar-refractivity contribution < 1.29 is 4.42 Å². The molecule has 3 N–H and O–H groups in total. The van der Waals surface area contributed by atoms with E-state index in [1.165, 1.54) is 0 Å². The third kappa shape index (κ3) is 1.67. The number of benzene rings is 1. The van der Waals surface area contributed by atoms with E-state index in [2.05, 4.69) is 10.2 Å². The maximum absolute atomic E-state index is 6.19. The van der Waals surface area contributed by atoms with E-state index in [0.717, 1.165) is 16.8 Å². The number of hydrogen-bond donors (Lipinski definition) is 2. The molecule has 3 aromatic rings. The Hall–Kier alpha value is -2.20. The molecule has 0 atom stereocenters. The highest BCUT2D eigenvalue weighted by atomic mass is 35.5. The number of nitrogens with two attached hydrogens (primary N) is 1. The number of rotatable bonds is 2. The van der Waals surface area contributed by atoms with Crippen molar-refractivity contribution in [2.45, 2.75) is 0 Å². The van der Waals surface area contributed by atoms with Crippen LogP contribution in [0, 0.1) is 0 Å². The number of nitrogens with zero attached hydrogens (tertiary/aromatic N) is 1. The molecule has 2 heterocycles. The molecule has 0 bridgehead atoms. The summed E-state index contributed by atoms with van der Waals surface area (Å²) in [4.78, 5) is 0. The average Bonchev–Trinajstić information content (AvgIpc) is 2.99. The summed E-state index contributed by atoms with van der Waals surface area (Å²) in [6.07, 6.45) is 1.60. The number of aromatic nitrogens is 2. The summed E-state index contributed by atoms with van der Waals surface area (Å²) in [7, 11) is 0. The fraction of sp³-hybridized carbons (Fsp3) is 0. The highest BCUT2D eigenvalue weighted by Crippen LogP contribution is 2.38. The Kier molecular flexibility index (Phi) is 2.57. The quantitative estimate of drug-likeness (QED) is 0.739. The van der Waals surface area contributed by atoms with Gasteiger partial charge in [-0.25, -0.2) is 0 Å². The summed E-state index contributed by atoms with van der Waals surface area (Å²) in [5.41, 5.74) is 8.22. The number of H-pyrrole nitrogens is 1. The fourth-order valence-electron chi connectivity index (χ4n) is 1.89. The molecule has 18 heavy (non-hydrogen) atoms. The van der Waals surface area contributed by atoms with Gasteiger partial charge in [0.05, 0.1) is 11.8 Å². The first-order chi connectivity index (χ1) is 8.77. The summed E-state index contributed by atoms with van der Waals surface area (Å²) in [5, 5.41) is 7.52. The summed E-state index contributed by atoms with van der Waals surface area (Å²) in [5.74, 6) is 1.07. The Morgan fingerprint density at radius 2 is 2.00 bits per heavy atom. The smallest absolute Gasteiger partial charge is 0.153 e. The number of anilines is 1. The zero-order valence-corrected chi connectivity index (χ0v) is 10.1. The van der Waals surface area contributed by atoms with Gasteiger partial charge in [-0.2, -0.15) is 5.10 Å². The topological polar surface area (TPSA) is 67.8 Å². The van der Waals surface area contributed by atoms with Crippen molar-refractivity contribution in [3.8, 4) is 22.6 Å². The number of halogens is 1. The Morgan fingerprint density at radius 3 is 2.72 bits per heavy atom. The van der Waals surface area contributed by atoms with Gasteiger partial charge < -0.3 is 10.2 Å². The molecule has 0 unspecified atom stereocenters. The summed E-state index contributed by atoms with van der Waals surface area (Å²) < 4.78 is 5.37. The molecular weight excluding hydrogens is 250 g/mol. The third-order valence-electron chi connectivity index (χ3n) is 2.71. The van der Waals surface area contributed by atoms with Crippen molar-refractivity contribution in [3.05, 3.63) is 47.7 Å². The number of nitrogens with one attached hydrogen (secondary N) is 1. The Morgan fingerprint density at radius 1 is 1.17 bits per heavy atom. The van der Waals surface area contributed by atoms with E-state index in [-0.39, 0.29) is 0 Å². The molecule has 1 aromatic carbocycles. The van der Waals surface area contributed by atoms with Crippen LogP contribution in [-0.2, 0) is 0 Å². The van der Waals surface area contributed by atoms with E-state index in [0.29, 0.717) is 16.6 Å². The normalized spacial score (nSPS) is 10.7. The minimum absolute atomic E-state index is 0.398.